The summed E-state index contributed by atoms with van der Waals surface area (Å²) in [4.78, 5) is 21.6. The molecule has 0 radical (unpaired) electrons. The number of fused-ring (bicyclic) bond motifs is 1. The number of hydrogen-bond donors (Lipinski definition) is 2. The highest BCUT2D eigenvalue weighted by atomic mass is 16.6. The molecule has 110 valence electrons. The lowest BCUT2D eigenvalue weighted by Gasteiger charge is -2.02. The normalized spacial score (nSPS) is 10.7. The lowest BCUT2D eigenvalue weighted by molar-refractivity contribution is -0.384. The molecule has 1 heterocycles. The number of carbonyl (C=O) groups excluding carboxylic acids is 1. The number of anilines is 1. The smallest absolute Gasteiger partial charge is 0.286 e. The van der Waals surface area contributed by atoms with E-state index in [1.807, 2.05) is 0 Å². The van der Waals surface area contributed by atoms with Gasteiger partial charge in [0, 0.05) is 17.5 Å². The van der Waals surface area contributed by atoms with E-state index >= 15 is 0 Å². The van der Waals surface area contributed by atoms with Crippen LogP contribution in [0.2, 0.25) is 0 Å². The van der Waals surface area contributed by atoms with Crippen molar-refractivity contribution in [1.29, 1.82) is 0 Å². The number of rotatable bonds is 3. The Kier molecular flexibility index (Phi) is 3.03. The minimum absolute atomic E-state index is 0.00409. The molecule has 0 spiro atoms. The first-order valence-electron chi connectivity index (χ1n) is 6.34. The van der Waals surface area contributed by atoms with Crippen molar-refractivity contribution in [2.45, 2.75) is 0 Å². The van der Waals surface area contributed by atoms with Crippen molar-refractivity contribution >= 4 is 28.3 Å². The number of hydrogen-bond acceptors (Lipinski definition) is 5. The Bertz CT molecular complexity index is 914. The van der Waals surface area contributed by atoms with Gasteiger partial charge in [-0.25, -0.2) is 0 Å². The maximum atomic E-state index is 11.2. The van der Waals surface area contributed by atoms with Crippen LogP contribution in [-0.2, 0) is 0 Å². The summed E-state index contributed by atoms with van der Waals surface area (Å²) in [5.41, 5.74) is 13.0. The van der Waals surface area contributed by atoms with Crippen molar-refractivity contribution in [2.75, 3.05) is 5.73 Å². The highest BCUT2D eigenvalue weighted by molar-refractivity contribution is 6.05. The fraction of sp³-hybridized carbons (Fsp3) is 0. The van der Waals surface area contributed by atoms with E-state index in [-0.39, 0.29) is 17.1 Å². The molecule has 0 bridgehead atoms. The van der Waals surface area contributed by atoms with Crippen LogP contribution in [0.3, 0.4) is 0 Å². The molecule has 0 aliphatic carbocycles. The van der Waals surface area contributed by atoms with E-state index in [0.29, 0.717) is 16.5 Å². The first-order chi connectivity index (χ1) is 10.5. The standard InChI is InChI=1S/C15H11N3O4/c16-13-11-7-9(4-5-12(11)22-14(13)15(17)19)8-2-1-3-10(6-8)18(20)21/h1-7H,16H2,(H2,17,19). The number of non-ortho nitro benzene ring substituents is 1. The number of amides is 1. The lowest BCUT2D eigenvalue weighted by atomic mass is 10.0. The van der Waals surface area contributed by atoms with Crippen molar-refractivity contribution in [1.82, 2.24) is 0 Å². The third kappa shape index (κ3) is 2.14. The maximum Gasteiger partial charge on any atom is 0.286 e. The van der Waals surface area contributed by atoms with Gasteiger partial charge < -0.3 is 15.9 Å². The van der Waals surface area contributed by atoms with Crippen molar-refractivity contribution in [2.24, 2.45) is 5.73 Å². The fourth-order valence-electron chi connectivity index (χ4n) is 2.28. The Morgan fingerprint density at radius 1 is 1.14 bits per heavy atom. The largest absolute Gasteiger partial charge is 0.449 e. The molecule has 0 atom stereocenters. The Morgan fingerprint density at radius 2 is 1.86 bits per heavy atom. The van der Waals surface area contributed by atoms with Crippen LogP contribution >= 0.6 is 0 Å². The summed E-state index contributed by atoms with van der Waals surface area (Å²) in [6, 6.07) is 11.3. The van der Waals surface area contributed by atoms with Gasteiger partial charge in [0.2, 0.25) is 5.76 Å². The molecule has 7 heteroatoms. The van der Waals surface area contributed by atoms with Crippen LogP contribution < -0.4 is 11.5 Å². The second-order valence-electron chi connectivity index (χ2n) is 4.73. The first kappa shape index (κ1) is 13.6. The van der Waals surface area contributed by atoms with Gasteiger partial charge in [-0.05, 0) is 23.3 Å². The predicted octanol–water partition coefficient (Wildman–Crippen LogP) is 2.69. The van der Waals surface area contributed by atoms with Gasteiger partial charge in [0.05, 0.1) is 10.6 Å². The molecule has 3 aromatic rings. The van der Waals surface area contributed by atoms with Crippen molar-refractivity contribution in [3.05, 3.63) is 58.3 Å². The van der Waals surface area contributed by atoms with Crippen molar-refractivity contribution in [3.8, 4) is 11.1 Å². The molecule has 0 unspecified atom stereocenters. The SMILES string of the molecule is NC(=O)c1oc2ccc(-c3cccc([N+](=O)[O-])c3)cc2c1N. The molecule has 3 rings (SSSR count). The van der Waals surface area contributed by atoms with Crippen LogP contribution in [0, 0.1) is 10.1 Å². The number of nitro benzene ring substituents is 1. The summed E-state index contributed by atoms with van der Waals surface area (Å²) < 4.78 is 5.31. The topological polar surface area (TPSA) is 125 Å². The highest BCUT2D eigenvalue weighted by Crippen LogP contribution is 2.33. The number of nitro groups is 1. The zero-order valence-electron chi connectivity index (χ0n) is 11.3. The molecule has 0 aliphatic heterocycles. The molecule has 2 aromatic carbocycles. The number of carbonyl (C=O) groups is 1. The second kappa shape index (κ2) is 4.88. The van der Waals surface area contributed by atoms with E-state index < -0.39 is 10.8 Å². The van der Waals surface area contributed by atoms with Crippen molar-refractivity contribution in [3.63, 3.8) is 0 Å². The second-order valence-corrected chi connectivity index (χ2v) is 4.73. The number of benzene rings is 2. The molecule has 7 nitrogen and oxygen atoms in total. The summed E-state index contributed by atoms with van der Waals surface area (Å²) in [5, 5.41) is 11.4. The average molecular weight is 297 g/mol. The van der Waals surface area contributed by atoms with Gasteiger partial charge in [0.1, 0.15) is 5.58 Å². The summed E-state index contributed by atoms with van der Waals surface area (Å²) in [5.74, 6) is -0.836. The van der Waals surface area contributed by atoms with E-state index in [1.165, 1.54) is 12.1 Å². The Morgan fingerprint density at radius 3 is 2.55 bits per heavy atom. The number of primary amides is 1. The van der Waals surface area contributed by atoms with Gasteiger partial charge in [0.25, 0.3) is 11.6 Å². The van der Waals surface area contributed by atoms with Gasteiger partial charge in [-0.15, -0.1) is 0 Å². The van der Waals surface area contributed by atoms with Crippen LogP contribution in [0.4, 0.5) is 11.4 Å². The van der Waals surface area contributed by atoms with E-state index in [9.17, 15) is 14.9 Å². The number of nitrogens with two attached hydrogens (primary N) is 2. The molecular formula is C15H11N3O4. The van der Waals surface area contributed by atoms with E-state index in [2.05, 4.69) is 0 Å². The number of nitrogen functional groups attached to an aromatic ring is 1. The quantitative estimate of drug-likeness (QED) is 0.567. The van der Waals surface area contributed by atoms with Crippen LogP contribution in [0.5, 0.6) is 0 Å². The van der Waals surface area contributed by atoms with Crippen LogP contribution in [-0.4, -0.2) is 10.8 Å². The number of furan rings is 1. The van der Waals surface area contributed by atoms with Gasteiger partial charge in [-0.2, -0.15) is 0 Å². The minimum Gasteiger partial charge on any atom is -0.449 e. The highest BCUT2D eigenvalue weighted by Gasteiger charge is 2.16. The Labute approximate surface area is 124 Å². The Balaban J connectivity index is 2.16. The zero-order valence-corrected chi connectivity index (χ0v) is 11.3. The average Bonchev–Trinajstić information content (AvgIpc) is 2.84. The summed E-state index contributed by atoms with van der Waals surface area (Å²) in [6.07, 6.45) is 0. The minimum atomic E-state index is -0.745. The van der Waals surface area contributed by atoms with Crippen molar-refractivity contribution < 1.29 is 14.1 Å². The molecule has 4 N–H and O–H groups in total. The molecule has 0 fully saturated rings. The third-order valence-corrected chi connectivity index (χ3v) is 3.34. The van der Waals surface area contributed by atoms with Gasteiger partial charge in [-0.3, -0.25) is 14.9 Å². The summed E-state index contributed by atoms with van der Waals surface area (Å²) in [7, 11) is 0. The van der Waals surface area contributed by atoms with Crippen LogP contribution in [0.15, 0.2) is 46.9 Å². The predicted molar refractivity (Wildman–Crippen MR) is 81.2 cm³/mol. The molecule has 0 aliphatic rings. The molecule has 0 saturated heterocycles. The molecule has 1 amide bonds. The molecular weight excluding hydrogens is 286 g/mol. The van der Waals surface area contributed by atoms with Crippen LogP contribution in [0.1, 0.15) is 10.6 Å². The Hall–Kier alpha value is -3.35. The summed E-state index contributed by atoms with van der Waals surface area (Å²) >= 11 is 0. The third-order valence-electron chi connectivity index (χ3n) is 3.34. The monoisotopic (exact) mass is 297 g/mol. The molecule has 1 aromatic heterocycles. The lowest BCUT2D eigenvalue weighted by Crippen LogP contribution is -2.11. The number of nitrogens with zero attached hydrogens (tertiary/aromatic N) is 1. The zero-order chi connectivity index (χ0) is 15.9. The molecule has 0 saturated carbocycles. The van der Waals surface area contributed by atoms with E-state index in [0.717, 1.165) is 5.56 Å². The van der Waals surface area contributed by atoms with Crippen LogP contribution in [0.25, 0.3) is 22.1 Å². The molecule has 22 heavy (non-hydrogen) atoms. The maximum absolute atomic E-state index is 11.2. The van der Waals surface area contributed by atoms with Gasteiger partial charge in [0.15, 0.2) is 0 Å². The first-order valence-corrected chi connectivity index (χ1v) is 6.34. The summed E-state index contributed by atoms with van der Waals surface area (Å²) in [6.45, 7) is 0. The fourth-order valence-corrected chi connectivity index (χ4v) is 2.28. The van der Waals surface area contributed by atoms with Gasteiger partial charge >= 0.3 is 0 Å². The van der Waals surface area contributed by atoms with E-state index in [1.54, 1.807) is 30.3 Å². The van der Waals surface area contributed by atoms with E-state index in [4.69, 9.17) is 15.9 Å². The van der Waals surface area contributed by atoms with Gasteiger partial charge in [-0.1, -0.05) is 18.2 Å².